The predicted octanol–water partition coefficient (Wildman–Crippen LogP) is 12.1. The maximum Gasteiger partial charge on any atom is 0.410 e. The van der Waals surface area contributed by atoms with E-state index in [1.54, 1.807) is 23.1 Å². The summed E-state index contributed by atoms with van der Waals surface area (Å²) in [5.41, 5.74) is 1.53. The first-order valence-electron chi connectivity index (χ1n) is 25.2. The van der Waals surface area contributed by atoms with Crippen LogP contribution in [0.5, 0.6) is 5.75 Å². The normalized spacial score (nSPS) is 16.0. The van der Waals surface area contributed by atoms with Gasteiger partial charge in [0.1, 0.15) is 17.9 Å². The van der Waals surface area contributed by atoms with Crippen LogP contribution >= 0.6 is 0 Å². The van der Waals surface area contributed by atoms with E-state index in [0.717, 1.165) is 11.4 Å². The number of benzene rings is 4. The molecule has 15 heteroatoms. The summed E-state index contributed by atoms with van der Waals surface area (Å²) in [6, 6.07) is 35.7. The Kier molecular flexibility index (Phi) is 18.5. The second-order valence-corrected chi connectivity index (χ2v) is 31.3. The van der Waals surface area contributed by atoms with Crippen LogP contribution in [0.1, 0.15) is 80.8 Å². The van der Waals surface area contributed by atoms with Crippen LogP contribution in [0.2, 0.25) is 23.2 Å². The molecule has 0 radical (unpaired) electrons. The highest BCUT2D eigenvalue weighted by Gasteiger charge is 2.50. The monoisotopic (exact) mass is 1030 g/mol. The third-order valence-corrected chi connectivity index (χ3v) is 23.0. The smallest absolute Gasteiger partial charge is 0.410 e. The van der Waals surface area contributed by atoms with Crippen LogP contribution in [0.4, 0.5) is 29.3 Å². The Morgan fingerprint density at radius 1 is 0.750 bits per heavy atom. The Bertz CT molecular complexity index is 2560. The van der Waals surface area contributed by atoms with Crippen molar-refractivity contribution in [3.63, 3.8) is 0 Å². The molecule has 0 unspecified atom stereocenters. The van der Waals surface area contributed by atoms with Gasteiger partial charge in [-0.1, -0.05) is 120 Å². The number of hydrogen-bond acceptors (Lipinski definition) is 8. The lowest BCUT2D eigenvalue weighted by molar-refractivity contribution is -0.140. The second-order valence-electron chi connectivity index (χ2n) is 22.3. The SMILES string of the molecule is CC(C)(C)OC(=O)N1CC[C@@H](Nc2cccc3c2cc(C#CCNc2cccc(O[Si](C)(C)C(C)(C)C)c2)n3CC(F)(F)F)[C@H](CCOCCOCCO[Si](c2ccccc2)(c2ccccc2)C(C)(C)C)C1. The number of carbonyl (C=O) groups is 1. The third-order valence-electron chi connectivity index (χ3n) is 13.6. The van der Waals surface area contributed by atoms with Crippen molar-refractivity contribution >= 4 is 55.4 Å². The minimum absolute atomic E-state index is 0.0336. The van der Waals surface area contributed by atoms with Gasteiger partial charge in [-0.2, -0.15) is 13.2 Å². The van der Waals surface area contributed by atoms with E-state index in [1.807, 2.05) is 63.2 Å². The van der Waals surface area contributed by atoms with Crippen LogP contribution < -0.4 is 25.4 Å². The highest BCUT2D eigenvalue weighted by atomic mass is 28.4. The van der Waals surface area contributed by atoms with Crippen molar-refractivity contribution in [3.8, 4) is 17.6 Å². The number of alkyl halides is 3. The van der Waals surface area contributed by atoms with Gasteiger partial charge < -0.3 is 43.2 Å². The number of fused-ring (bicyclic) bond motifs is 1. The molecule has 5 aromatic rings. The van der Waals surface area contributed by atoms with Crippen LogP contribution in [0.15, 0.2) is 109 Å². The highest BCUT2D eigenvalue weighted by Crippen LogP contribution is 2.39. The van der Waals surface area contributed by atoms with Gasteiger partial charge in [0.05, 0.1) is 44.2 Å². The zero-order chi connectivity index (χ0) is 52.4. The van der Waals surface area contributed by atoms with E-state index in [1.165, 1.54) is 14.9 Å². The Morgan fingerprint density at radius 2 is 1.38 bits per heavy atom. The fourth-order valence-electron chi connectivity index (χ4n) is 9.04. The zero-order valence-corrected chi connectivity index (χ0v) is 46.3. The van der Waals surface area contributed by atoms with Crippen molar-refractivity contribution in [2.45, 2.75) is 123 Å². The van der Waals surface area contributed by atoms with E-state index in [4.69, 9.17) is 23.1 Å². The molecule has 72 heavy (non-hydrogen) atoms. The molecule has 1 aliphatic heterocycles. The maximum atomic E-state index is 14.2. The van der Waals surface area contributed by atoms with Crippen LogP contribution in [-0.4, -0.2) is 103 Å². The first-order valence-corrected chi connectivity index (χ1v) is 30.0. The molecule has 2 heterocycles. The van der Waals surface area contributed by atoms with Crippen molar-refractivity contribution in [2.24, 2.45) is 5.92 Å². The quantitative estimate of drug-likeness (QED) is 0.0480. The lowest BCUT2D eigenvalue weighted by Crippen LogP contribution is -2.66. The molecule has 0 bridgehead atoms. The van der Waals surface area contributed by atoms with Gasteiger partial charge in [-0.15, -0.1) is 0 Å². The molecule has 1 aliphatic rings. The fourth-order valence-corrected chi connectivity index (χ4v) is 14.6. The lowest BCUT2D eigenvalue weighted by atomic mass is 9.89. The van der Waals surface area contributed by atoms with Crippen LogP contribution in [-0.2, 0) is 25.2 Å². The number of hydrogen-bond donors (Lipinski definition) is 2. The molecule has 1 amide bonds. The third kappa shape index (κ3) is 14.9. The van der Waals surface area contributed by atoms with Crippen molar-refractivity contribution in [1.82, 2.24) is 9.47 Å². The summed E-state index contributed by atoms with van der Waals surface area (Å²) < 4.78 is 75.2. The van der Waals surface area contributed by atoms with Gasteiger partial charge in [0, 0.05) is 48.6 Å². The molecule has 0 saturated carbocycles. The van der Waals surface area contributed by atoms with Crippen molar-refractivity contribution in [3.05, 3.63) is 115 Å². The lowest BCUT2D eigenvalue weighted by Gasteiger charge is -2.43. The average Bonchev–Trinajstić information content (AvgIpc) is 3.64. The van der Waals surface area contributed by atoms with E-state index in [2.05, 4.69) is 126 Å². The van der Waals surface area contributed by atoms with Crippen LogP contribution in [0.25, 0.3) is 10.9 Å². The maximum absolute atomic E-state index is 14.2. The molecule has 0 aliphatic carbocycles. The molecule has 4 aromatic carbocycles. The number of piperidine rings is 1. The molecule has 390 valence electrons. The van der Waals surface area contributed by atoms with Crippen LogP contribution in [0, 0.1) is 17.8 Å². The van der Waals surface area contributed by atoms with Gasteiger partial charge in [0.15, 0.2) is 0 Å². The minimum Gasteiger partial charge on any atom is -0.543 e. The Morgan fingerprint density at radius 3 is 1.99 bits per heavy atom. The number of rotatable bonds is 19. The average molecular weight is 1030 g/mol. The van der Waals surface area contributed by atoms with Gasteiger partial charge in [0.2, 0.25) is 8.32 Å². The van der Waals surface area contributed by atoms with Crippen molar-refractivity contribution < 1.29 is 41.0 Å². The molecular formula is C57H77F3N4O6Si2. The number of aromatic nitrogens is 1. The largest absolute Gasteiger partial charge is 0.543 e. The van der Waals surface area contributed by atoms with Gasteiger partial charge in [0.25, 0.3) is 8.32 Å². The molecule has 2 N–H and O–H groups in total. The standard InChI is InChI=1S/C57H77F3N4O6Si2/c1-54(2,3)69-53(65)63-33-30-50(43(41-63)31-34-66-35-36-67-37-38-68-72(56(7,8)9,47-24-14-12-15-25-47)48-26-16-13-17-27-48)62-51-28-19-29-52-49(51)40-45(64(52)42-57(58,59)60)22-20-32-61-44-21-18-23-46(39-44)70-71(10,11)55(4,5)6/h12-19,21,23-29,39-40,43,50,61-62H,30-38,41-42H2,1-11H3/t43-,50-/m1/s1. The van der Waals surface area contributed by atoms with Gasteiger partial charge >= 0.3 is 12.3 Å². The first kappa shape index (κ1) is 56.1. The van der Waals surface area contributed by atoms with E-state index in [9.17, 15) is 18.0 Å². The first-order chi connectivity index (χ1) is 33.9. The summed E-state index contributed by atoms with van der Waals surface area (Å²) in [5, 5.41) is 9.94. The van der Waals surface area contributed by atoms with E-state index < -0.39 is 35.0 Å². The number of halogens is 3. The number of nitrogens with zero attached hydrogens (tertiary/aromatic N) is 2. The molecule has 2 atom stereocenters. The molecule has 1 fully saturated rings. The number of ether oxygens (including phenoxy) is 3. The Hall–Kier alpha value is -5.25. The van der Waals surface area contributed by atoms with Gasteiger partial charge in [-0.05, 0) is 109 Å². The molecule has 10 nitrogen and oxygen atoms in total. The summed E-state index contributed by atoms with van der Waals surface area (Å²) in [7, 11) is -4.74. The molecular weight excluding hydrogens is 950 g/mol. The van der Waals surface area contributed by atoms with E-state index in [0.29, 0.717) is 75.6 Å². The van der Waals surface area contributed by atoms with Crippen molar-refractivity contribution in [1.29, 1.82) is 0 Å². The summed E-state index contributed by atoms with van der Waals surface area (Å²) in [5.74, 6) is 6.80. The Balaban J connectivity index is 1.11. The fraction of sp³-hybridized carbons (Fsp3) is 0.491. The minimum atomic E-state index is -4.47. The van der Waals surface area contributed by atoms with E-state index >= 15 is 0 Å². The zero-order valence-electron chi connectivity index (χ0n) is 44.3. The summed E-state index contributed by atoms with van der Waals surface area (Å²) >= 11 is 0. The topological polar surface area (TPSA) is 95.5 Å². The van der Waals surface area contributed by atoms with E-state index in [-0.39, 0.29) is 40.4 Å². The summed E-state index contributed by atoms with van der Waals surface area (Å²) in [6.07, 6.45) is -3.64. The number of amides is 1. The Labute approximate surface area is 428 Å². The molecule has 1 aromatic heterocycles. The predicted molar refractivity (Wildman–Crippen MR) is 291 cm³/mol. The number of likely N-dealkylation sites (tertiary alicyclic amines) is 1. The van der Waals surface area contributed by atoms with Crippen LogP contribution in [0.3, 0.4) is 0 Å². The summed E-state index contributed by atoms with van der Waals surface area (Å²) in [4.78, 5) is 15.1. The second kappa shape index (κ2) is 23.7. The number of anilines is 2. The number of carbonyl (C=O) groups excluding carboxylic acids is 1. The summed E-state index contributed by atoms with van der Waals surface area (Å²) in [6.45, 7) is 25.2. The molecule has 6 rings (SSSR count). The van der Waals surface area contributed by atoms with Gasteiger partial charge in [-0.3, -0.25) is 0 Å². The highest BCUT2D eigenvalue weighted by molar-refractivity contribution is 6.99. The molecule has 1 saturated heterocycles. The molecule has 0 spiro atoms. The van der Waals surface area contributed by atoms with Gasteiger partial charge in [-0.25, -0.2) is 4.79 Å². The van der Waals surface area contributed by atoms with Crippen molar-refractivity contribution in [2.75, 3.05) is 63.3 Å². The number of nitrogens with one attached hydrogen (secondary N) is 2.